The smallest absolute Gasteiger partial charge is 0.223 e. The Morgan fingerprint density at radius 3 is 2.42 bits per heavy atom. The summed E-state index contributed by atoms with van der Waals surface area (Å²) in [7, 11) is 0. The van der Waals surface area contributed by atoms with Crippen LogP contribution in [0.2, 0.25) is 0 Å². The maximum absolute atomic E-state index is 12.8. The summed E-state index contributed by atoms with van der Waals surface area (Å²) in [5, 5.41) is 0. The minimum atomic E-state index is 0.339. The molecule has 0 atom stereocenters. The van der Waals surface area contributed by atoms with Crippen molar-refractivity contribution in [3.8, 4) is 0 Å². The second kappa shape index (κ2) is 6.76. The summed E-state index contributed by atoms with van der Waals surface area (Å²) in [5.74, 6) is 1.55. The number of rotatable bonds is 6. The highest BCUT2D eigenvalue weighted by molar-refractivity contribution is 5.77. The van der Waals surface area contributed by atoms with Crippen molar-refractivity contribution in [1.29, 1.82) is 0 Å². The molecular formula is C21H24N2O. The molecule has 1 amide bonds. The average Bonchev–Trinajstić information content (AvgIpc) is 3.42. The predicted octanol–water partition coefficient (Wildman–Crippen LogP) is 4.16. The van der Waals surface area contributed by atoms with Gasteiger partial charge in [0.25, 0.3) is 0 Å². The van der Waals surface area contributed by atoms with Crippen LogP contribution >= 0.6 is 0 Å². The number of carbonyl (C=O) groups is 1. The van der Waals surface area contributed by atoms with Crippen molar-refractivity contribution in [2.45, 2.75) is 50.6 Å². The highest BCUT2D eigenvalue weighted by Gasteiger charge is 2.36. The molecule has 2 saturated carbocycles. The van der Waals surface area contributed by atoms with Crippen molar-refractivity contribution in [3.63, 3.8) is 0 Å². The lowest BCUT2D eigenvalue weighted by molar-refractivity contribution is -0.134. The number of hydrogen-bond acceptors (Lipinski definition) is 2. The van der Waals surface area contributed by atoms with E-state index in [0.29, 0.717) is 30.2 Å². The van der Waals surface area contributed by atoms with Crippen LogP contribution in [0.1, 0.15) is 49.1 Å². The maximum atomic E-state index is 12.8. The van der Waals surface area contributed by atoms with Crippen molar-refractivity contribution in [3.05, 3.63) is 66.0 Å². The second-order valence-corrected chi connectivity index (χ2v) is 7.26. The maximum Gasteiger partial charge on any atom is 0.223 e. The molecule has 2 aliphatic rings. The molecule has 1 aromatic carbocycles. The van der Waals surface area contributed by atoms with E-state index < -0.39 is 0 Å². The first-order valence-corrected chi connectivity index (χ1v) is 9.03. The van der Waals surface area contributed by atoms with E-state index in [4.69, 9.17) is 0 Å². The van der Waals surface area contributed by atoms with Crippen LogP contribution in [0.5, 0.6) is 0 Å². The lowest BCUT2D eigenvalue weighted by atomic mass is 9.70. The molecule has 2 aromatic rings. The third kappa shape index (κ3) is 3.50. The first-order chi connectivity index (χ1) is 11.8. The molecule has 1 heterocycles. The van der Waals surface area contributed by atoms with Gasteiger partial charge in [-0.3, -0.25) is 9.78 Å². The third-order valence-electron chi connectivity index (χ3n) is 5.38. The van der Waals surface area contributed by atoms with Crippen LogP contribution in [0.4, 0.5) is 0 Å². The molecule has 124 valence electrons. The van der Waals surface area contributed by atoms with Gasteiger partial charge in [-0.05, 0) is 60.8 Å². The van der Waals surface area contributed by atoms with Crippen molar-refractivity contribution >= 4 is 5.91 Å². The van der Waals surface area contributed by atoms with Crippen LogP contribution < -0.4 is 0 Å². The summed E-state index contributed by atoms with van der Waals surface area (Å²) >= 11 is 0. The van der Waals surface area contributed by atoms with E-state index in [2.05, 4.69) is 40.2 Å². The quantitative estimate of drug-likeness (QED) is 0.801. The van der Waals surface area contributed by atoms with Crippen LogP contribution in [-0.2, 0) is 11.3 Å². The second-order valence-electron chi connectivity index (χ2n) is 7.26. The van der Waals surface area contributed by atoms with Crippen molar-refractivity contribution < 1.29 is 4.79 Å². The van der Waals surface area contributed by atoms with Crippen LogP contribution in [0, 0.1) is 5.92 Å². The molecule has 0 unspecified atom stereocenters. The number of hydrogen-bond donors (Lipinski definition) is 0. The SMILES string of the molecule is O=C(CC1CC(c2ccccc2)C1)N(Cc1ccncc1)C1CC1. The van der Waals surface area contributed by atoms with Gasteiger partial charge in [0.05, 0.1) is 0 Å². The van der Waals surface area contributed by atoms with E-state index in [1.54, 1.807) is 12.4 Å². The Balaban J connectivity index is 1.32. The van der Waals surface area contributed by atoms with Crippen molar-refractivity contribution in [2.75, 3.05) is 0 Å². The molecule has 0 bridgehead atoms. The van der Waals surface area contributed by atoms with Gasteiger partial charge >= 0.3 is 0 Å². The van der Waals surface area contributed by atoms with Crippen molar-refractivity contribution in [1.82, 2.24) is 9.88 Å². The van der Waals surface area contributed by atoms with Gasteiger partial charge in [0.1, 0.15) is 0 Å². The fourth-order valence-corrected chi connectivity index (χ4v) is 3.76. The van der Waals surface area contributed by atoms with Gasteiger partial charge in [-0.1, -0.05) is 30.3 Å². The van der Waals surface area contributed by atoms with Gasteiger partial charge in [0.2, 0.25) is 5.91 Å². The molecule has 0 spiro atoms. The van der Waals surface area contributed by atoms with E-state index in [1.807, 2.05) is 12.1 Å². The van der Waals surface area contributed by atoms with Crippen LogP contribution in [0.3, 0.4) is 0 Å². The summed E-state index contributed by atoms with van der Waals surface area (Å²) in [5.41, 5.74) is 2.61. The zero-order chi connectivity index (χ0) is 16.4. The molecule has 2 fully saturated rings. The van der Waals surface area contributed by atoms with E-state index in [9.17, 15) is 4.79 Å². The standard InChI is InChI=1S/C21H24N2O/c24-21(14-17-12-19(13-17)18-4-2-1-3-5-18)23(20-6-7-20)15-16-8-10-22-11-9-16/h1-5,8-11,17,19-20H,6-7,12-15H2. The molecule has 0 aliphatic heterocycles. The summed E-state index contributed by atoms with van der Waals surface area (Å²) in [4.78, 5) is 19.0. The van der Waals surface area contributed by atoms with Crippen LogP contribution in [0.15, 0.2) is 54.9 Å². The van der Waals surface area contributed by atoms with Crippen LogP contribution in [-0.4, -0.2) is 21.8 Å². The Kier molecular flexibility index (Phi) is 4.33. The van der Waals surface area contributed by atoms with Gasteiger partial charge in [-0.2, -0.15) is 0 Å². The molecule has 3 heteroatoms. The fourth-order valence-electron chi connectivity index (χ4n) is 3.76. The van der Waals surface area contributed by atoms with Gasteiger partial charge in [-0.15, -0.1) is 0 Å². The normalized spacial score (nSPS) is 22.7. The van der Waals surface area contributed by atoms with E-state index in [1.165, 1.54) is 11.1 Å². The number of aromatic nitrogens is 1. The highest BCUT2D eigenvalue weighted by atomic mass is 16.2. The Morgan fingerprint density at radius 1 is 1.04 bits per heavy atom. The topological polar surface area (TPSA) is 33.2 Å². The Hall–Kier alpha value is -2.16. The summed E-state index contributed by atoms with van der Waals surface area (Å²) in [6.07, 6.45) is 8.96. The van der Waals surface area contributed by atoms with E-state index in [0.717, 1.165) is 32.2 Å². The largest absolute Gasteiger partial charge is 0.335 e. The number of pyridine rings is 1. The minimum Gasteiger partial charge on any atom is -0.335 e. The van der Waals surface area contributed by atoms with Gasteiger partial charge < -0.3 is 4.90 Å². The Morgan fingerprint density at radius 2 is 1.75 bits per heavy atom. The Labute approximate surface area is 143 Å². The zero-order valence-corrected chi connectivity index (χ0v) is 14.0. The summed E-state index contributed by atoms with van der Waals surface area (Å²) < 4.78 is 0. The molecule has 1 aromatic heterocycles. The monoisotopic (exact) mass is 320 g/mol. The molecule has 24 heavy (non-hydrogen) atoms. The molecule has 3 nitrogen and oxygen atoms in total. The van der Waals surface area contributed by atoms with Crippen LogP contribution in [0.25, 0.3) is 0 Å². The van der Waals surface area contributed by atoms with Crippen molar-refractivity contribution in [2.24, 2.45) is 5.92 Å². The predicted molar refractivity (Wildman–Crippen MR) is 94.3 cm³/mol. The molecular weight excluding hydrogens is 296 g/mol. The van der Waals surface area contributed by atoms with Gasteiger partial charge in [0, 0.05) is 31.4 Å². The zero-order valence-electron chi connectivity index (χ0n) is 14.0. The molecule has 4 rings (SSSR count). The molecule has 0 radical (unpaired) electrons. The van der Waals surface area contributed by atoms with Gasteiger partial charge in [0.15, 0.2) is 0 Å². The first kappa shape index (κ1) is 15.4. The van der Waals surface area contributed by atoms with Gasteiger partial charge in [-0.25, -0.2) is 0 Å². The average molecular weight is 320 g/mol. The lowest BCUT2D eigenvalue weighted by Crippen LogP contribution is -2.36. The number of nitrogens with zero attached hydrogens (tertiary/aromatic N) is 2. The highest BCUT2D eigenvalue weighted by Crippen LogP contribution is 2.44. The third-order valence-corrected chi connectivity index (χ3v) is 5.38. The molecule has 0 saturated heterocycles. The number of amides is 1. The minimum absolute atomic E-state index is 0.339. The summed E-state index contributed by atoms with van der Waals surface area (Å²) in [6.45, 7) is 0.737. The van der Waals surface area contributed by atoms with E-state index >= 15 is 0 Å². The molecule has 2 aliphatic carbocycles. The lowest BCUT2D eigenvalue weighted by Gasteiger charge is -2.36. The molecule has 0 N–H and O–H groups in total. The first-order valence-electron chi connectivity index (χ1n) is 9.03. The fraction of sp³-hybridized carbons (Fsp3) is 0.429. The Bertz CT molecular complexity index is 675. The van der Waals surface area contributed by atoms with E-state index in [-0.39, 0.29) is 0 Å². The number of benzene rings is 1. The summed E-state index contributed by atoms with van der Waals surface area (Å²) in [6, 6.07) is 15.2. The number of carbonyl (C=O) groups excluding carboxylic acids is 1.